The van der Waals surface area contributed by atoms with Crippen molar-refractivity contribution in [3.63, 3.8) is 0 Å². The molecule has 0 aromatic heterocycles. The number of carbonyl (C=O) groups is 1. The number of benzene rings is 2. The second-order valence-electron chi connectivity index (χ2n) is 4.90. The number of ether oxygens (including phenoxy) is 2. The maximum atomic E-state index is 12.1. The fourth-order valence-corrected chi connectivity index (χ4v) is 1.90. The summed E-state index contributed by atoms with van der Waals surface area (Å²) in [4.78, 5) is 12.1. The van der Waals surface area contributed by atoms with Gasteiger partial charge in [-0.25, -0.2) is 4.79 Å². The Morgan fingerprint density at radius 3 is 2.43 bits per heavy atom. The number of nitrogens with zero attached hydrogens (tertiary/aromatic N) is 2. The Labute approximate surface area is 140 Å². The molecule has 6 heteroatoms. The van der Waals surface area contributed by atoms with Crippen LogP contribution in [0.15, 0.2) is 47.6 Å². The summed E-state index contributed by atoms with van der Waals surface area (Å²) in [6.07, 6.45) is 1.69. The Kier molecular flexibility index (Phi) is 5.60. The standard InChI is InChI=1S/C17H17ClN2O3/c1-20(2)19-11-12-4-9-15(16(10-12)22-3)23-17(21)13-5-7-14(18)8-6-13/h4-11H,1-3H3/b19-11+. The van der Waals surface area contributed by atoms with E-state index < -0.39 is 5.97 Å². The monoisotopic (exact) mass is 332 g/mol. The lowest BCUT2D eigenvalue weighted by Crippen LogP contribution is -2.09. The van der Waals surface area contributed by atoms with Crippen molar-refractivity contribution in [1.82, 2.24) is 5.01 Å². The summed E-state index contributed by atoms with van der Waals surface area (Å²) in [5.41, 5.74) is 1.25. The number of halogens is 1. The third-order valence-corrected chi connectivity index (χ3v) is 3.16. The van der Waals surface area contributed by atoms with Crippen molar-refractivity contribution >= 4 is 23.8 Å². The molecule has 0 saturated carbocycles. The molecule has 0 spiro atoms. The molecule has 0 amide bonds. The van der Waals surface area contributed by atoms with Crippen LogP contribution in [0.2, 0.25) is 5.02 Å². The van der Waals surface area contributed by atoms with Crippen LogP contribution in [-0.4, -0.2) is 38.4 Å². The van der Waals surface area contributed by atoms with E-state index in [1.165, 1.54) is 7.11 Å². The zero-order chi connectivity index (χ0) is 16.8. The van der Waals surface area contributed by atoms with Gasteiger partial charge in [0.25, 0.3) is 0 Å². The highest BCUT2D eigenvalue weighted by Gasteiger charge is 2.12. The molecule has 23 heavy (non-hydrogen) atoms. The van der Waals surface area contributed by atoms with Crippen molar-refractivity contribution in [3.8, 4) is 11.5 Å². The average Bonchev–Trinajstić information content (AvgIpc) is 2.54. The molecule has 0 heterocycles. The lowest BCUT2D eigenvalue weighted by molar-refractivity contribution is 0.0729. The molecule has 0 aliphatic heterocycles. The highest BCUT2D eigenvalue weighted by atomic mass is 35.5. The summed E-state index contributed by atoms with van der Waals surface area (Å²) in [5.74, 6) is 0.319. The first-order valence-electron chi connectivity index (χ1n) is 6.86. The van der Waals surface area contributed by atoms with E-state index in [2.05, 4.69) is 5.10 Å². The second kappa shape index (κ2) is 7.65. The zero-order valence-electron chi connectivity index (χ0n) is 13.1. The van der Waals surface area contributed by atoms with E-state index in [4.69, 9.17) is 21.1 Å². The fourth-order valence-electron chi connectivity index (χ4n) is 1.78. The van der Waals surface area contributed by atoms with Crippen LogP contribution < -0.4 is 9.47 Å². The Hall–Kier alpha value is -2.53. The van der Waals surface area contributed by atoms with Crippen molar-refractivity contribution in [3.05, 3.63) is 58.6 Å². The van der Waals surface area contributed by atoms with Gasteiger partial charge >= 0.3 is 5.97 Å². The fraction of sp³-hybridized carbons (Fsp3) is 0.176. The summed E-state index contributed by atoms with van der Waals surface area (Å²) in [6, 6.07) is 11.7. The third-order valence-electron chi connectivity index (χ3n) is 2.91. The molecule has 0 atom stereocenters. The lowest BCUT2D eigenvalue weighted by atomic mass is 10.2. The van der Waals surface area contributed by atoms with Gasteiger partial charge < -0.3 is 14.5 Å². The minimum Gasteiger partial charge on any atom is -0.493 e. The smallest absolute Gasteiger partial charge is 0.343 e. The Morgan fingerprint density at radius 1 is 1.13 bits per heavy atom. The summed E-state index contributed by atoms with van der Waals surface area (Å²) in [5, 5.41) is 6.39. The van der Waals surface area contributed by atoms with E-state index in [0.717, 1.165) is 5.56 Å². The van der Waals surface area contributed by atoms with Crippen LogP contribution in [0.1, 0.15) is 15.9 Å². The molecule has 0 fully saturated rings. The predicted octanol–water partition coefficient (Wildman–Crippen LogP) is 3.46. The lowest BCUT2D eigenvalue weighted by Gasteiger charge is -2.10. The van der Waals surface area contributed by atoms with Gasteiger partial charge in [0.2, 0.25) is 0 Å². The van der Waals surface area contributed by atoms with E-state index >= 15 is 0 Å². The average molecular weight is 333 g/mol. The molecule has 120 valence electrons. The van der Waals surface area contributed by atoms with E-state index in [-0.39, 0.29) is 0 Å². The quantitative estimate of drug-likeness (QED) is 0.364. The van der Waals surface area contributed by atoms with Crippen molar-refractivity contribution in [2.45, 2.75) is 0 Å². The summed E-state index contributed by atoms with van der Waals surface area (Å²) >= 11 is 5.81. The number of methoxy groups -OCH3 is 1. The van der Waals surface area contributed by atoms with E-state index in [1.54, 1.807) is 53.7 Å². The Balaban J connectivity index is 2.19. The molecule has 2 rings (SSSR count). The van der Waals surface area contributed by atoms with Crippen LogP contribution in [-0.2, 0) is 0 Å². The van der Waals surface area contributed by atoms with Gasteiger partial charge in [0, 0.05) is 19.1 Å². The first-order valence-corrected chi connectivity index (χ1v) is 7.24. The molecule has 0 unspecified atom stereocenters. The molecular formula is C17H17ClN2O3. The highest BCUT2D eigenvalue weighted by Crippen LogP contribution is 2.28. The topological polar surface area (TPSA) is 51.1 Å². The maximum absolute atomic E-state index is 12.1. The number of hydrazone groups is 1. The van der Waals surface area contributed by atoms with Crippen molar-refractivity contribution in [2.24, 2.45) is 5.10 Å². The van der Waals surface area contributed by atoms with Crippen LogP contribution in [0, 0.1) is 0 Å². The Bertz CT molecular complexity index is 712. The van der Waals surface area contributed by atoms with Crippen LogP contribution in [0.25, 0.3) is 0 Å². The van der Waals surface area contributed by atoms with Crippen molar-refractivity contribution in [1.29, 1.82) is 0 Å². The molecule has 5 nitrogen and oxygen atoms in total. The molecule has 2 aromatic rings. The molecule has 0 aliphatic rings. The zero-order valence-corrected chi connectivity index (χ0v) is 13.9. The van der Waals surface area contributed by atoms with Gasteiger partial charge in [0.1, 0.15) is 0 Å². The molecule has 0 aliphatic carbocycles. The van der Waals surface area contributed by atoms with Crippen molar-refractivity contribution in [2.75, 3.05) is 21.2 Å². The third kappa shape index (κ3) is 4.72. The number of rotatable bonds is 5. The van der Waals surface area contributed by atoms with E-state index in [1.807, 2.05) is 14.1 Å². The number of hydrogen-bond acceptors (Lipinski definition) is 5. The van der Waals surface area contributed by atoms with Crippen molar-refractivity contribution < 1.29 is 14.3 Å². The van der Waals surface area contributed by atoms with Crippen LogP contribution >= 0.6 is 11.6 Å². The maximum Gasteiger partial charge on any atom is 0.343 e. The number of carbonyl (C=O) groups excluding carboxylic acids is 1. The summed E-state index contributed by atoms with van der Waals surface area (Å²) in [6.45, 7) is 0. The summed E-state index contributed by atoms with van der Waals surface area (Å²) in [7, 11) is 5.17. The molecule has 0 bridgehead atoms. The number of hydrogen-bond donors (Lipinski definition) is 0. The van der Waals surface area contributed by atoms with Crippen LogP contribution in [0.5, 0.6) is 11.5 Å². The normalized spacial score (nSPS) is 10.6. The molecule has 0 N–H and O–H groups in total. The predicted molar refractivity (Wildman–Crippen MR) is 90.7 cm³/mol. The van der Waals surface area contributed by atoms with E-state index in [0.29, 0.717) is 22.1 Å². The van der Waals surface area contributed by atoms with E-state index in [9.17, 15) is 4.79 Å². The largest absolute Gasteiger partial charge is 0.493 e. The van der Waals surface area contributed by atoms with Gasteiger partial charge in [-0.15, -0.1) is 0 Å². The first kappa shape index (κ1) is 16.8. The van der Waals surface area contributed by atoms with Crippen LogP contribution in [0.4, 0.5) is 0 Å². The second-order valence-corrected chi connectivity index (χ2v) is 5.33. The van der Waals surface area contributed by atoms with Gasteiger partial charge in [0.15, 0.2) is 11.5 Å². The van der Waals surface area contributed by atoms with Gasteiger partial charge in [0.05, 0.1) is 18.9 Å². The van der Waals surface area contributed by atoms with Gasteiger partial charge in [-0.2, -0.15) is 5.10 Å². The van der Waals surface area contributed by atoms with Crippen LogP contribution in [0.3, 0.4) is 0 Å². The minimum absolute atomic E-state index is 0.342. The van der Waals surface area contributed by atoms with Gasteiger partial charge in [-0.3, -0.25) is 0 Å². The Morgan fingerprint density at radius 2 is 1.83 bits per heavy atom. The SMILES string of the molecule is COc1cc(/C=N/N(C)C)ccc1OC(=O)c1ccc(Cl)cc1. The molecule has 0 radical (unpaired) electrons. The minimum atomic E-state index is -0.477. The molecule has 0 saturated heterocycles. The molecular weight excluding hydrogens is 316 g/mol. The first-order chi connectivity index (χ1) is 11.0. The summed E-state index contributed by atoms with van der Waals surface area (Å²) < 4.78 is 10.7. The highest BCUT2D eigenvalue weighted by molar-refractivity contribution is 6.30. The molecule has 2 aromatic carbocycles. The van der Waals surface area contributed by atoms with Gasteiger partial charge in [-0.05, 0) is 48.0 Å². The number of esters is 1. The van der Waals surface area contributed by atoms with Gasteiger partial charge in [-0.1, -0.05) is 11.6 Å².